The number of alkyl halides is 2. The van der Waals surface area contributed by atoms with E-state index in [9.17, 15) is 18.4 Å². The van der Waals surface area contributed by atoms with E-state index < -0.39 is 12.2 Å². The molecule has 1 amide bonds. The summed E-state index contributed by atoms with van der Waals surface area (Å²) in [5, 5.41) is 3.43. The molecular weight excluding hydrogens is 370 g/mol. The summed E-state index contributed by atoms with van der Waals surface area (Å²) in [6, 6.07) is 3.82. The first-order valence-corrected chi connectivity index (χ1v) is 7.98. The van der Waals surface area contributed by atoms with E-state index in [1.54, 1.807) is 0 Å². The number of nitrogens with one attached hydrogen (secondary N) is 2. The number of aromatic nitrogens is 1. The highest BCUT2D eigenvalue weighted by atomic mass is 79.9. The second-order valence-corrected chi connectivity index (χ2v) is 6.18. The van der Waals surface area contributed by atoms with Gasteiger partial charge in [0, 0.05) is 28.8 Å². The molecule has 0 unspecified atom stereocenters. The number of benzene rings is 1. The number of rotatable bonds is 6. The number of aromatic amines is 1. The molecule has 23 heavy (non-hydrogen) atoms. The van der Waals surface area contributed by atoms with Crippen LogP contribution in [0.25, 0.3) is 10.9 Å². The highest BCUT2D eigenvalue weighted by Crippen LogP contribution is 2.29. The monoisotopic (exact) mass is 386 g/mol. The lowest BCUT2D eigenvalue weighted by Gasteiger charge is -2.05. The maximum atomic E-state index is 12.3. The summed E-state index contributed by atoms with van der Waals surface area (Å²) in [6.07, 6.45) is -2.49. The molecule has 1 heterocycles. The molecule has 2 rings (SSSR count). The third-order valence-corrected chi connectivity index (χ3v) is 4.59. The van der Waals surface area contributed by atoms with Gasteiger partial charge in [-0.2, -0.15) is 0 Å². The third-order valence-electron chi connectivity index (χ3n) is 3.73. The quantitative estimate of drug-likeness (QED) is 0.793. The zero-order valence-electron chi connectivity index (χ0n) is 12.8. The average Bonchev–Trinajstić information content (AvgIpc) is 2.84. The lowest BCUT2D eigenvalue weighted by molar-refractivity contribution is -0.129. The van der Waals surface area contributed by atoms with Crippen LogP contribution in [-0.2, 0) is 11.2 Å². The van der Waals surface area contributed by atoms with Crippen molar-refractivity contribution in [2.75, 3.05) is 7.05 Å². The summed E-state index contributed by atoms with van der Waals surface area (Å²) < 4.78 is 25.5. The van der Waals surface area contributed by atoms with Gasteiger partial charge in [0.2, 0.25) is 0 Å². The first-order valence-electron chi connectivity index (χ1n) is 7.18. The van der Waals surface area contributed by atoms with Crippen molar-refractivity contribution >= 4 is 38.5 Å². The average molecular weight is 387 g/mol. The Labute approximate surface area is 140 Å². The van der Waals surface area contributed by atoms with Crippen molar-refractivity contribution in [2.45, 2.75) is 32.6 Å². The summed E-state index contributed by atoms with van der Waals surface area (Å²) in [5.41, 5.74) is 2.95. The number of aryl methyl sites for hydroxylation is 2. The van der Waals surface area contributed by atoms with Crippen molar-refractivity contribution < 1.29 is 18.4 Å². The zero-order chi connectivity index (χ0) is 17.1. The Hall–Kier alpha value is -1.76. The third kappa shape index (κ3) is 3.77. The molecule has 4 nitrogen and oxygen atoms in total. The molecule has 2 aromatic rings. The SMILES string of the molecule is CNC(=O)c1[nH]c2cc(Br)c(C)cc2c1CCCC(=O)C(F)F. The fourth-order valence-electron chi connectivity index (χ4n) is 2.51. The number of carbonyl (C=O) groups is 2. The molecule has 0 aliphatic carbocycles. The molecule has 124 valence electrons. The molecular formula is C16H17BrF2N2O2. The van der Waals surface area contributed by atoms with Crippen molar-refractivity contribution in [1.82, 2.24) is 10.3 Å². The van der Waals surface area contributed by atoms with E-state index in [1.807, 2.05) is 19.1 Å². The van der Waals surface area contributed by atoms with E-state index in [-0.39, 0.29) is 18.7 Å². The second-order valence-electron chi connectivity index (χ2n) is 5.33. The van der Waals surface area contributed by atoms with Gasteiger partial charge in [0.15, 0.2) is 5.78 Å². The van der Waals surface area contributed by atoms with E-state index >= 15 is 0 Å². The van der Waals surface area contributed by atoms with E-state index in [4.69, 9.17) is 0 Å². The summed E-state index contributed by atoms with van der Waals surface area (Å²) in [4.78, 5) is 26.2. The van der Waals surface area contributed by atoms with Crippen LogP contribution in [0.5, 0.6) is 0 Å². The van der Waals surface area contributed by atoms with Gasteiger partial charge in [-0.05, 0) is 43.0 Å². The predicted molar refractivity (Wildman–Crippen MR) is 88.1 cm³/mol. The number of H-pyrrole nitrogens is 1. The Bertz CT molecular complexity index is 756. The van der Waals surface area contributed by atoms with E-state index in [1.165, 1.54) is 7.05 Å². The number of hydrogen-bond acceptors (Lipinski definition) is 2. The number of hydrogen-bond donors (Lipinski definition) is 2. The number of fused-ring (bicyclic) bond motifs is 1. The molecule has 0 atom stereocenters. The predicted octanol–water partition coefficient (Wildman–Crippen LogP) is 3.76. The van der Waals surface area contributed by atoms with Crippen LogP contribution in [-0.4, -0.2) is 30.1 Å². The lowest BCUT2D eigenvalue weighted by Crippen LogP contribution is -2.19. The van der Waals surface area contributed by atoms with Gasteiger partial charge in [-0.1, -0.05) is 15.9 Å². The summed E-state index contributed by atoms with van der Waals surface area (Å²) >= 11 is 3.44. The maximum Gasteiger partial charge on any atom is 0.295 e. The largest absolute Gasteiger partial charge is 0.354 e. The standard InChI is InChI=1S/C16H17BrF2N2O2/c1-8-6-10-9(4-3-5-13(22)15(18)19)14(16(23)20-2)21-12(10)7-11(8)17/h6-7,15,21H,3-5H2,1-2H3,(H,20,23). The second kappa shape index (κ2) is 7.21. The van der Waals surface area contributed by atoms with Gasteiger partial charge in [-0.15, -0.1) is 0 Å². The van der Waals surface area contributed by atoms with Crippen LogP contribution in [0.2, 0.25) is 0 Å². The van der Waals surface area contributed by atoms with Crippen LogP contribution >= 0.6 is 15.9 Å². The lowest BCUT2D eigenvalue weighted by atomic mass is 10.0. The minimum absolute atomic E-state index is 0.201. The Morgan fingerprint density at radius 2 is 2.04 bits per heavy atom. The minimum atomic E-state index is -2.94. The molecule has 0 saturated carbocycles. The number of halogens is 3. The fourth-order valence-corrected chi connectivity index (χ4v) is 2.85. The van der Waals surface area contributed by atoms with Gasteiger partial charge < -0.3 is 10.3 Å². The Kier molecular flexibility index (Phi) is 5.51. The van der Waals surface area contributed by atoms with Crippen molar-refractivity contribution in [3.63, 3.8) is 0 Å². The van der Waals surface area contributed by atoms with Crippen molar-refractivity contribution in [3.8, 4) is 0 Å². The van der Waals surface area contributed by atoms with Crippen LogP contribution in [0.3, 0.4) is 0 Å². The number of amides is 1. The topological polar surface area (TPSA) is 62.0 Å². The van der Waals surface area contributed by atoms with Crippen LogP contribution < -0.4 is 5.32 Å². The molecule has 0 bridgehead atoms. The molecule has 7 heteroatoms. The van der Waals surface area contributed by atoms with E-state index in [0.29, 0.717) is 12.1 Å². The fraction of sp³-hybridized carbons (Fsp3) is 0.375. The highest BCUT2D eigenvalue weighted by Gasteiger charge is 2.19. The van der Waals surface area contributed by atoms with Gasteiger partial charge in [0.25, 0.3) is 12.3 Å². The van der Waals surface area contributed by atoms with Gasteiger partial charge in [-0.25, -0.2) is 8.78 Å². The molecule has 1 aromatic carbocycles. The van der Waals surface area contributed by atoms with Crippen LogP contribution in [0.15, 0.2) is 16.6 Å². The smallest absolute Gasteiger partial charge is 0.295 e. The molecule has 0 saturated heterocycles. The molecule has 0 radical (unpaired) electrons. The number of Topliss-reactive ketones (excluding diaryl/α,β-unsaturated/α-hetero) is 1. The summed E-state index contributed by atoms with van der Waals surface area (Å²) in [6.45, 7) is 1.93. The van der Waals surface area contributed by atoms with Crippen molar-refractivity contribution in [1.29, 1.82) is 0 Å². The molecule has 2 N–H and O–H groups in total. The van der Waals surface area contributed by atoms with Crippen LogP contribution in [0.4, 0.5) is 8.78 Å². The molecule has 0 aliphatic heterocycles. The zero-order valence-corrected chi connectivity index (χ0v) is 14.4. The van der Waals surface area contributed by atoms with Gasteiger partial charge in [0.1, 0.15) is 5.69 Å². The highest BCUT2D eigenvalue weighted by molar-refractivity contribution is 9.10. The number of carbonyl (C=O) groups excluding carboxylic acids is 2. The molecule has 0 aliphatic rings. The summed E-state index contributed by atoms with van der Waals surface area (Å²) in [5.74, 6) is -1.34. The minimum Gasteiger partial charge on any atom is -0.354 e. The Balaban J connectivity index is 2.36. The van der Waals surface area contributed by atoms with Crippen LogP contribution in [0.1, 0.15) is 34.5 Å². The first kappa shape index (κ1) is 17.6. The molecule has 0 fully saturated rings. The van der Waals surface area contributed by atoms with Gasteiger partial charge >= 0.3 is 0 Å². The molecule has 1 aromatic heterocycles. The Morgan fingerprint density at radius 1 is 1.35 bits per heavy atom. The van der Waals surface area contributed by atoms with E-state index in [2.05, 4.69) is 26.2 Å². The van der Waals surface area contributed by atoms with Gasteiger partial charge in [-0.3, -0.25) is 9.59 Å². The van der Waals surface area contributed by atoms with Crippen molar-refractivity contribution in [3.05, 3.63) is 33.4 Å². The van der Waals surface area contributed by atoms with Crippen molar-refractivity contribution in [2.24, 2.45) is 0 Å². The number of ketones is 1. The Morgan fingerprint density at radius 3 is 2.65 bits per heavy atom. The first-order chi connectivity index (χ1) is 10.8. The molecule has 0 spiro atoms. The van der Waals surface area contributed by atoms with Crippen LogP contribution in [0, 0.1) is 6.92 Å². The summed E-state index contributed by atoms with van der Waals surface area (Å²) in [7, 11) is 1.53. The maximum absolute atomic E-state index is 12.3. The van der Waals surface area contributed by atoms with E-state index in [0.717, 1.165) is 26.5 Å². The normalized spacial score (nSPS) is 11.2. The van der Waals surface area contributed by atoms with Gasteiger partial charge in [0.05, 0.1) is 0 Å².